The van der Waals surface area contributed by atoms with Gasteiger partial charge >= 0.3 is 12.1 Å². The Bertz CT molecular complexity index is 825. The first-order chi connectivity index (χ1) is 13.3. The summed E-state index contributed by atoms with van der Waals surface area (Å²) in [5.41, 5.74) is 1.92. The zero-order valence-electron chi connectivity index (χ0n) is 16.4. The number of aldehydes is 1. The zero-order chi connectivity index (χ0) is 20.6. The van der Waals surface area contributed by atoms with E-state index in [0.717, 1.165) is 17.4 Å². The second-order valence-electron chi connectivity index (χ2n) is 7.28. The minimum absolute atomic E-state index is 0.0842. The Balaban J connectivity index is 1.98. The maximum Gasteiger partial charge on any atom is 0.407 e. The van der Waals surface area contributed by atoms with Gasteiger partial charge in [-0.2, -0.15) is 0 Å². The molecule has 2 aromatic carbocycles. The Hall–Kier alpha value is -3.15. The fraction of sp³-hybridized carbons (Fsp3) is 0.318. The highest BCUT2D eigenvalue weighted by Crippen LogP contribution is 2.18. The largest absolute Gasteiger partial charge is 0.456 e. The molecule has 0 aliphatic heterocycles. The molecule has 0 heterocycles. The van der Waals surface area contributed by atoms with E-state index in [1.807, 2.05) is 30.3 Å². The number of hydrogen-bond donors (Lipinski definition) is 1. The fourth-order valence-electron chi connectivity index (χ4n) is 2.50. The van der Waals surface area contributed by atoms with Gasteiger partial charge < -0.3 is 19.6 Å². The fourth-order valence-corrected chi connectivity index (χ4v) is 2.50. The van der Waals surface area contributed by atoms with E-state index in [-0.39, 0.29) is 19.6 Å². The van der Waals surface area contributed by atoms with Gasteiger partial charge in [-0.05, 0) is 43.5 Å². The van der Waals surface area contributed by atoms with E-state index >= 15 is 0 Å². The average molecular weight is 383 g/mol. The number of benzene rings is 2. The van der Waals surface area contributed by atoms with Crippen molar-refractivity contribution in [3.63, 3.8) is 0 Å². The van der Waals surface area contributed by atoms with Crippen LogP contribution in [0.3, 0.4) is 0 Å². The van der Waals surface area contributed by atoms with Crippen molar-refractivity contribution < 1.29 is 23.9 Å². The maximum absolute atomic E-state index is 12.3. The van der Waals surface area contributed by atoms with Crippen LogP contribution in [0.2, 0.25) is 0 Å². The number of amides is 1. The predicted octanol–water partition coefficient (Wildman–Crippen LogP) is 3.81. The van der Waals surface area contributed by atoms with Crippen LogP contribution >= 0.6 is 0 Å². The summed E-state index contributed by atoms with van der Waals surface area (Å²) in [5, 5.41) is 2.66. The summed E-state index contributed by atoms with van der Waals surface area (Å²) in [6.45, 7) is 5.74. The van der Waals surface area contributed by atoms with Crippen LogP contribution in [-0.2, 0) is 33.8 Å². The monoisotopic (exact) mass is 383 g/mol. The van der Waals surface area contributed by atoms with Gasteiger partial charge in [0.05, 0.1) is 5.56 Å². The third-order valence-corrected chi connectivity index (χ3v) is 3.74. The maximum atomic E-state index is 12.3. The van der Waals surface area contributed by atoms with Crippen LogP contribution in [0, 0.1) is 0 Å². The lowest BCUT2D eigenvalue weighted by Gasteiger charge is -2.20. The molecule has 1 amide bonds. The van der Waals surface area contributed by atoms with Crippen molar-refractivity contribution in [2.24, 2.45) is 0 Å². The van der Waals surface area contributed by atoms with Gasteiger partial charge in [-0.1, -0.05) is 42.5 Å². The Morgan fingerprint density at radius 1 is 1.04 bits per heavy atom. The second kappa shape index (κ2) is 9.69. The van der Waals surface area contributed by atoms with E-state index in [2.05, 4.69) is 5.32 Å². The summed E-state index contributed by atoms with van der Waals surface area (Å²) >= 11 is 0. The van der Waals surface area contributed by atoms with Gasteiger partial charge in [0.15, 0.2) is 0 Å². The summed E-state index contributed by atoms with van der Waals surface area (Å²) in [6, 6.07) is 14.4. The molecule has 0 fully saturated rings. The first-order valence-electron chi connectivity index (χ1n) is 9.02. The third kappa shape index (κ3) is 6.87. The van der Waals surface area contributed by atoms with Crippen LogP contribution in [0.25, 0.3) is 0 Å². The number of nitrogens with one attached hydrogen (secondary N) is 1. The number of ether oxygens (including phenoxy) is 2. The Labute approximate surface area is 164 Å². The molecule has 0 saturated heterocycles. The Morgan fingerprint density at radius 3 is 2.39 bits per heavy atom. The predicted molar refractivity (Wildman–Crippen MR) is 105 cm³/mol. The van der Waals surface area contributed by atoms with Crippen molar-refractivity contribution in [1.29, 1.82) is 0 Å². The minimum atomic E-state index is -0.627. The van der Waals surface area contributed by atoms with Gasteiger partial charge in [0.1, 0.15) is 18.5 Å². The van der Waals surface area contributed by atoms with E-state index in [0.29, 0.717) is 11.1 Å². The highest BCUT2D eigenvalue weighted by molar-refractivity contribution is 5.92. The SMILES string of the molecule is CC(C)(C)OC(=O)c1ccc(CNC(=O)OCc2ccccc2)cc1CC=O. The first kappa shape index (κ1) is 21.2. The summed E-state index contributed by atoms with van der Waals surface area (Å²) in [6.07, 6.45) is 0.270. The molecule has 0 unspecified atom stereocenters. The molecule has 2 aromatic rings. The topological polar surface area (TPSA) is 81.7 Å². The zero-order valence-corrected chi connectivity index (χ0v) is 16.4. The van der Waals surface area contributed by atoms with Crippen molar-refractivity contribution in [3.8, 4) is 0 Å². The van der Waals surface area contributed by atoms with Crippen molar-refractivity contribution in [2.75, 3.05) is 0 Å². The van der Waals surface area contributed by atoms with Gasteiger partial charge in [-0.3, -0.25) is 0 Å². The molecular weight excluding hydrogens is 358 g/mol. The molecule has 6 nitrogen and oxygen atoms in total. The normalized spacial score (nSPS) is 10.8. The van der Waals surface area contributed by atoms with Crippen LogP contribution in [-0.4, -0.2) is 23.9 Å². The molecule has 6 heteroatoms. The summed E-state index contributed by atoms with van der Waals surface area (Å²) in [7, 11) is 0. The van der Waals surface area contributed by atoms with Crippen LogP contribution in [0.5, 0.6) is 0 Å². The number of carbonyl (C=O) groups is 3. The van der Waals surface area contributed by atoms with Crippen LogP contribution in [0.4, 0.5) is 4.79 Å². The molecule has 0 spiro atoms. The van der Waals surface area contributed by atoms with E-state index < -0.39 is 17.7 Å². The summed E-state index contributed by atoms with van der Waals surface area (Å²) in [4.78, 5) is 35.2. The number of alkyl carbamates (subject to hydrolysis) is 1. The quantitative estimate of drug-likeness (QED) is 0.581. The van der Waals surface area contributed by atoms with Gasteiger partial charge in [0, 0.05) is 13.0 Å². The second-order valence-corrected chi connectivity index (χ2v) is 7.28. The van der Waals surface area contributed by atoms with Gasteiger partial charge in [-0.25, -0.2) is 9.59 Å². The Kier molecular flexibility index (Phi) is 7.32. The van der Waals surface area contributed by atoms with Crippen LogP contribution < -0.4 is 5.32 Å². The Morgan fingerprint density at radius 2 is 1.75 bits per heavy atom. The van der Waals surface area contributed by atoms with Gasteiger partial charge in [-0.15, -0.1) is 0 Å². The van der Waals surface area contributed by atoms with Crippen LogP contribution in [0.15, 0.2) is 48.5 Å². The van der Waals surface area contributed by atoms with E-state index in [9.17, 15) is 14.4 Å². The van der Waals surface area contributed by atoms with E-state index in [4.69, 9.17) is 9.47 Å². The number of hydrogen-bond acceptors (Lipinski definition) is 5. The minimum Gasteiger partial charge on any atom is -0.456 e. The van der Waals surface area contributed by atoms with Crippen LogP contribution in [0.1, 0.15) is 47.8 Å². The van der Waals surface area contributed by atoms with Crippen molar-refractivity contribution in [1.82, 2.24) is 5.32 Å². The molecule has 0 bridgehead atoms. The average Bonchev–Trinajstić information content (AvgIpc) is 2.64. The van der Waals surface area contributed by atoms with Crippen molar-refractivity contribution in [2.45, 2.75) is 45.9 Å². The van der Waals surface area contributed by atoms with Gasteiger partial charge in [0.25, 0.3) is 0 Å². The number of esters is 1. The lowest BCUT2D eigenvalue weighted by atomic mass is 10.0. The lowest BCUT2D eigenvalue weighted by Crippen LogP contribution is -2.25. The smallest absolute Gasteiger partial charge is 0.407 e. The molecule has 0 aliphatic rings. The third-order valence-electron chi connectivity index (χ3n) is 3.74. The summed E-state index contributed by atoms with van der Waals surface area (Å²) in [5.74, 6) is -0.480. The number of rotatable bonds is 7. The van der Waals surface area contributed by atoms with Crippen molar-refractivity contribution >= 4 is 18.3 Å². The van der Waals surface area contributed by atoms with E-state index in [1.54, 1.807) is 39.0 Å². The lowest BCUT2D eigenvalue weighted by molar-refractivity contribution is -0.107. The van der Waals surface area contributed by atoms with Gasteiger partial charge in [0.2, 0.25) is 0 Å². The molecule has 0 aromatic heterocycles. The number of carbonyl (C=O) groups excluding carboxylic acids is 3. The first-order valence-corrected chi connectivity index (χ1v) is 9.02. The molecule has 0 atom stereocenters. The molecular formula is C22H25NO5. The highest BCUT2D eigenvalue weighted by atomic mass is 16.6. The van der Waals surface area contributed by atoms with E-state index in [1.165, 1.54) is 0 Å². The highest BCUT2D eigenvalue weighted by Gasteiger charge is 2.20. The molecule has 148 valence electrons. The molecule has 28 heavy (non-hydrogen) atoms. The summed E-state index contributed by atoms with van der Waals surface area (Å²) < 4.78 is 10.5. The molecule has 1 N–H and O–H groups in total. The molecule has 0 aliphatic carbocycles. The molecule has 2 rings (SSSR count). The molecule has 0 radical (unpaired) electrons. The van der Waals surface area contributed by atoms with Crippen molar-refractivity contribution in [3.05, 3.63) is 70.8 Å². The molecule has 0 saturated carbocycles. The standard InChI is InChI=1S/C22H25NO5/c1-22(2,3)28-20(25)19-10-9-17(13-18(19)11-12-24)14-23-21(26)27-15-16-7-5-4-6-8-16/h4-10,12-13H,11,14-15H2,1-3H3,(H,23,26).